The number of urea groups is 1. The quantitative estimate of drug-likeness (QED) is 0.843. The van der Waals surface area contributed by atoms with E-state index in [-0.39, 0.29) is 17.9 Å². The van der Waals surface area contributed by atoms with Crippen LogP contribution < -0.4 is 5.32 Å². The zero-order valence-corrected chi connectivity index (χ0v) is 12.7. The molecule has 0 aromatic heterocycles. The molecule has 5 heteroatoms. The van der Waals surface area contributed by atoms with Crippen molar-refractivity contribution in [3.63, 3.8) is 0 Å². The van der Waals surface area contributed by atoms with E-state index in [1.165, 1.54) is 12.1 Å². The number of hydrogen-bond acceptors (Lipinski definition) is 1. The van der Waals surface area contributed by atoms with Crippen LogP contribution in [-0.2, 0) is 0 Å². The average Bonchev–Trinajstić information content (AvgIpc) is 2.97. The Morgan fingerprint density at radius 3 is 2.73 bits per heavy atom. The van der Waals surface area contributed by atoms with Crippen LogP contribution in [0.25, 0.3) is 0 Å². The van der Waals surface area contributed by atoms with Crippen molar-refractivity contribution in [3.8, 4) is 0 Å². The molecular formula is C17H16ClFN2O. The molecule has 1 fully saturated rings. The SMILES string of the molecule is O=C(Nc1cccc(F)c1)N1CCC[C@@H]1c1ccc(Cl)cc1. The lowest BCUT2D eigenvalue weighted by Crippen LogP contribution is -2.34. The summed E-state index contributed by atoms with van der Waals surface area (Å²) in [6.07, 6.45) is 1.86. The van der Waals surface area contributed by atoms with Gasteiger partial charge < -0.3 is 10.2 Å². The molecule has 1 saturated heterocycles. The van der Waals surface area contributed by atoms with Crippen LogP contribution in [0.5, 0.6) is 0 Å². The molecule has 3 nitrogen and oxygen atoms in total. The molecule has 0 aliphatic carbocycles. The first kappa shape index (κ1) is 14.9. The first-order chi connectivity index (χ1) is 10.6. The highest BCUT2D eigenvalue weighted by atomic mass is 35.5. The Balaban J connectivity index is 1.75. The van der Waals surface area contributed by atoms with Crippen LogP contribution in [0.1, 0.15) is 24.4 Å². The summed E-state index contributed by atoms with van der Waals surface area (Å²) < 4.78 is 13.2. The Morgan fingerprint density at radius 1 is 1.23 bits per heavy atom. The van der Waals surface area contributed by atoms with Gasteiger partial charge in [-0.25, -0.2) is 9.18 Å². The summed E-state index contributed by atoms with van der Waals surface area (Å²) in [6.45, 7) is 0.689. The third-order valence-corrected chi connectivity index (χ3v) is 4.10. The molecule has 0 unspecified atom stereocenters. The fourth-order valence-corrected chi connectivity index (χ4v) is 2.93. The minimum atomic E-state index is -0.367. The first-order valence-corrected chi connectivity index (χ1v) is 7.60. The first-order valence-electron chi connectivity index (χ1n) is 7.22. The number of carbonyl (C=O) groups is 1. The van der Waals surface area contributed by atoms with E-state index in [1.54, 1.807) is 17.0 Å². The standard InChI is InChI=1S/C17H16ClFN2O/c18-13-8-6-12(7-9-13)16-5-2-10-21(16)17(22)20-15-4-1-3-14(19)11-15/h1,3-4,6-9,11,16H,2,5,10H2,(H,20,22)/t16-/m1/s1. The molecule has 1 heterocycles. The molecule has 0 radical (unpaired) electrons. The van der Waals surface area contributed by atoms with E-state index < -0.39 is 0 Å². The highest BCUT2D eigenvalue weighted by molar-refractivity contribution is 6.30. The number of carbonyl (C=O) groups excluding carboxylic acids is 1. The van der Waals surface area contributed by atoms with Crippen LogP contribution in [0.4, 0.5) is 14.9 Å². The van der Waals surface area contributed by atoms with Gasteiger partial charge in [0.25, 0.3) is 0 Å². The molecule has 3 rings (SSSR count). The number of benzene rings is 2. The van der Waals surface area contributed by atoms with Crippen molar-refractivity contribution >= 4 is 23.3 Å². The number of hydrogen-bond donors (Lipinski definition) is 1. The second kappa shape index (κ2) is 6.36. The van der Waals surface area contributed by atoms with Crippen molar-refractivity contribution in [2.24, 2.45) is 0 Å². The van der Waals surface area contributed by atoms with Gasteiger partial charge in [-0.3, -0.25) is 0 Å². The third kappa shape index (κ3) is 3.22. The highest BCUT2D eigenvalue weighted by Gasteiger charge is 2.29. The van der Waals surface area contributed by atoms with E-state index in [2.05, 4.69) is 5.32 Å². The van der Waals surface area contributed by atoms with Crippen molar-refractivity contribution < 1.29 is 9.18 Å². The third-order valence-electron chi connectivity index (χ3n) is 3.84. The smallest absolute Gasteiger partial charge is 0.317 e. The summed E-state index contributed by atoms with van der Waals surface area (Å²) in [5.41, 5.74) is 1.53. The van der Waals surface area contributed by atoms with Crippen molar-refractivity contribution in [2.75, 3.05) is 11.9 Å². The Labute approximate surface area is 133 Å². The van der Waals surface area contributed by atoms with Crippen molar-refractivity contribution in [2.45, 2.75) is 18.9 Å². The Hall–Kier alpha value is -2.07. The zero-order chi connectivity index (χ0) is 15.5. The minimum absolute atomic E-state index is 0.0332. The number of halogens is 2. The van der Waals surface area contributed by atoms with Gasteiger partial charge >= 0.3 is 6.03 Å². The van der Waals surface area contributed by atoms with E-state index >= 15 is 0 Å². The monoisotopic (exact) mass is 318 g/mol. The summed E-state index contributed by atoms with van der Waals surface area (Å²) in [5.74, 6) is -0.367. The van der Waals surface area contributed by atoms with E-state index in [4.69, 9.17) is 11.6 Å². The van der Waals surface area contributed by atoms with Gasteiger partial charge in [-0.15, -0.1) is 0 Å². The van der Waals surface area contributed by atoms with Crippen LogP contribution in [-0.4, -0.2) is 17.5 Å². The number of nitrogens with one attached hydrogen (secondary N) is 1. The maximum absolute atomic E-state index is 13.2. The second-order valence-electron chi connectivity index (χ2n) is 5.34. The topological polar surface area (TPSA) is 32.3 Å². The van der Waals surface area contributed by atoms with E-state index in [1.807, 2.05) is 24.3 Å². The lowest BCUT2D eigenvalue weighted by atomic mass is 10.1. The molecule has 22 heavy (non-hydrogen) atoms. The summed E-state index contributed by atoms with van der Waals surface area (Å²) in [5, 5.41) is 3.43. The number of nitrogens with zero attached hydrogens (tertiary/aromatic N) is 1. The minimum Gasteiger partial charge on any atom is -0.317 e. The Bertz CT molecular complexity index is 675. The van der Waals surface area contributed by atoms with Gasteiger partial charge in [0.2, 0.25) is 0 Å². The largest absolute Gasteiger partial charge is 0.322 e. The van der Waals surface area contributed by atoms with Gasteiger partial charge in [-0.05, 0) is 48.7 Å². The molecule has 2 aromatic carbocycles. The summed E-state index contributed by atoms with van der Waals surface area (Å²) in [6, 6.07) is 13.3. The molecule has 1 N–H and O–H groups in total. The number of rotatable bonds is 2. The molecule has 2 aromatic rings. The van der Waals surface area contributed by atoms with Gasteiger partial charge in [0.1, 0.15) is 5.82 Å². The molecular weight excluding hydrogens is 303 g/mol. The second-order valence-corrected chi connectivity index (χ2v) is 5.78. The van der Waals surface area contributed by atoms with Crippen molar-refractivity contribution in [1.29, 1.82) is 0 Å². The predicted octanol–water partition coefficient (Wildman–Crippen LogP) is 4.85. The van der Waals surface area contributed by atoms with Crippen LogP contribution in [0.2, 0.25) is 5.02 Å². The molecule has 1 atom stereocenters. The summed E-state index contributed by atoms with van der Waals surface area (Å²) >= 11 is 5.91. The molecule has 1 aliphatic rings. The van der Waals surface area contributed by atoms with Crippen LogP contribution in [0, 0.1) is 5.82 Å². The van der Waals surface area contributed by atoms with Crippen LogP contribution in [0.15, 0.2) is 48.5 Å². The van der Waals surface area contributed by atoms with Crippen LogP contribution in [0.3, 0.4) is 0 Å². The lowest BCUT2D eigenvalue weighted by Gasteiger charge is -2.25. The fourth-order valence-electron chi connectivity index (χ4n) is 2.80. The van der Waals surface area contributed by atoms with Gasteiger partial charge in [0.15, 0.2) is 0 Å². The summed E-state index contributed by atoms with van der Waals surface area (Å²) in [7, 11) is 0. The maximum Gasteiger partial charge on any atom is 0.322 e. The zero-order valence-electron chi connectivity index (χ0n) is 11.9. The molecule has 0 saturated carbocycles. The molecule has 0 spiro atoms. The molecule has 0 bridgehead atoms. The predicted molar refractivity (Wildman–Crippen MR) is 85.6 cm³/mol. The van der Waals surface area contributed by atoms with Crippen molar-refractivity contribution in [3.05, 3.63) is 64.9 Å². The normalized spacial score (nSPS) is 17.5. The van der Waals surface area contributed by atoms with E-state index in [9.17, 15) is 9.18 Å². The Kier molecular flexibility index (Phi) is 4.29. The summed E-state index contributed by atoms with van der Waals surface area (Å²) in [4.78, 5) is 14.2. The van der Waals surface area contributed by atoms with Gasteiger partial charge in [0.05, 0.1) is 6.04 Å². The van der Waals surface area contributed by atoms with E-state index in [0.717, 1.165) is 18.4 Å². The van der Waals surface area contributed by atoms with Gasteiger partial charge in [-0.2, -0.15) is 0 Å². The average molecular weight is 319 g/mol. The Morgan fingerprint density at radius 2 is 2.00 bits per heavy atom. The van der Waals surface area contributed by atoms with E-state index in [0.29, 0.717) is 17.3 Å². The van der Waals surface area contributed by atoms with Gasteiger partial charge in [0, 0.05) is 17.3 Å². The number of anilines is 1. The number of amides is 2. The lowest BCUT2D eigenvalue weighted by molar-refractivity contribution is 0.207. The van der Waals surface area contributed by atoms with Gasteiger partial charge in [-0.1, -0.05) is 29.8 Å². The molecule has 114 valence electrons. The molecule has 2 amide bonds. The van der Waals surface area contributed by atoms with Crippen molar-refractivity contribution in [1.82, 2.24) is 4.90 Å². The highest BCUT2D eigenvalue weighted by Crippen LogP contribution is 2.32. The number of likely N-dealkylation sites (tertiary alicyclic amines) is 1. The van der Waals surface area contributed by atoms with Crippen LogP contribution >= 0.6 is 11.6 Å². The molecule has 1 aliphatic heterocycles. The maximum atomic E-state index is 13.2. The fraction of sp³-hybridized carbons (Fsp3) is 0.235.